The Hall–Kier alpha value is -3.19. The summed E-state index contributed by atoms with van der Waals surface area (Å²) in [5.74, 6) is -0.824. The number of aliphatic hydroxyl groups excluding tert-OH is 1. The Morgan fingerprint density at radius 3 is 2.43 bits per heavy atom. The molecule has 1 aliphatic rings. The van der Waals surface area contributed by atoms with Gasteiger partial charge in [0.25, 0.3) is 5.91 Å². The first kappa shape index (κ1) is 20.1. The van der Waals surface area contributed by atoms with E-state index in [4.69, 9.17) is 4.52 Å². The third-order valence-corrected chi connectivity index (χ3v) is 6.02. The van der Waals surface area contributed by atoms with Gasteiger partial charge in [-0.05, 0) is 34.9 Å². The van der Waals surface area contributed by atoms with Crippen LogP contribution in [0, 0.1) is 6.92 Å². The normalized spacial score (nSPS) is 17.1. The number of aryl methyl sites for hydroxylation is 1. The molecule has 0 fully saturated rings. The van der Waals surface area contributed by atoms with Crippen LogP contribution in [-0.4, -0.2) is 22.0 Å². The third-order valence-electron chi connectivity index (χ3n) is 5.15. The molecule has 0 radical (unpaired) electrons. The van der Waals surface area contributed by atoms with Gasteiger partial charge >= 0.3 is 0 Å². The minimum atomic E-state index is -0.800. The number of ketones is 1. The number of nitrogens with zero attached hydrogens (tertiary/aromatic N) is 2. The van der Waals surface area contributed by atoms with E-state index in [2.05, 4.69) is 25.9 Å². The van der Waals surface area contributed by atoms with E-state index in [1.165, 1.54) is 16.2 Å². The molecule has 1 aromatic carbocycles. The van der Waals surface area contributed by atoms with Crippen LogP contribution in [0.3, 0.4) is 0 Å². The number of rotatable bonds is 4. The number of aliphatic hydroxyl groups is 1. The summed E-state index contributed by atoms with van der Waals surface area (Å²) in [5.41, 5.74) is 1.84. The first-order chi connectivity index (χ1) is 14.2. The minimum Gasteiger partial charge on any atom is -0.503 e. The van der Waals surface area contributed by atoms with Gasteiger partial charge in [-0.2, -0.15) is 0 Å². The summed E-state index contributed by atoms with van der Waals surface area (Å²) >= 11 is 1.27. The largest absolute Gasteiger partial charge is 0.503 e. The lowest BCUT2D eigenvalue weighted by atomic mass is 9.85. The van der Waals surface area contributed by atoms with Crippen LogP contribution in [-0.2, 0) is 10.2 Å². The number of hydrogen-bond acceptors (Lipinski definition) is 6. The molecule has 30 heavy (non-hydrogen) atoms. The molecule has 2 aromatic heterocycles. The first-order valence-corrected chi connectivity index (χ1v) is 10.4. The number of aromatic nitrogens is 1. The number of Topliss-reactive ketones (excluding diaryl/α,β-unsaturated/α-hetero) is 1. The lowest BCUT2D eigenvalue weighted by molar-refractivity contribution is -0.117. The maximum atomic E-state index is 13.2. The molecule has 0 aliphatic carbocycles. The number of carbonyl (C=O) groups excluding carboxylic acids is 2. The molecule has 0 bridgehead atoms. The van der Waals surface area contributed by atoms with E-state index in [0.717, 1.165) is 5.56 Å². The summed E-state index contributed by atoms with van der Waals surface area (Å²) in [5, 5.41) is 16.4. The topological polar surface area (TPSA) is 83.6 Å². The molecule has 0 saturated heterocycles. The predicted molar refractivity (Wildman–Crippen MR) is 115 cm³/mol. The molecule has 1 atom stereocenters. The van der Waals surface area contributed by atoms with E-state index in [-0.39, 0.29) is 22.6 Å². The van der Waals surface area contributed by atoms with Crippen molar-refractivity contribution in [3.05, 3.63) is 80.9 Å². The monoisotopic (exact) mass is 422 g/mol. The number of hydrogen-bond donors (Lipinski definition) is 1. The molecule has 1 amide bonds. The number of anilines is 1. The van der Waals surface area contributed by atoms with E-state index >= 15 is 0 Å². The molecular formula is C23H22N2O4S. The highest BCUT2D eigenvalue weighted by molar-refractivity contribution is 7.12. The number of thiophene rings is 1. The predicted octanol–water partition coefficient (Wildman–Crippen LogP) is 5.12. The van der Waals surface area contributed by atoms with Crippen molar-refractivity contribution >= 4 is 28.8 Å². The molecule has 6 nitrogen and oxygen atoms in total. The molecule has 3 aromatic rings. The Bertz CT molecular complexity index is 1130. The molecule has 1 aliphatic heterocycles. The van der Waals surface area contributed by atoms with Crippen LogP contribution in [0.2, 0.25) is 0 Å². The summed E-state index contributed by atoms with van der Waals surface area (Å²) in [4.78, 5) is 28.0. The van der Waals surface area contributed by atoms with E-state index in [1.807, 2.05) is 24.3 Å². The molecule has 154 valence electrons. The fourth-order valence-corrected chi connectivity index (χ4v) is 4.24. The smallest absolute Gasteiger partial charge is 0.295 e. The molecule has 0 spiro atoms. The van der Waals surface area contributed by atoms with Gasteiger partial charge in [0, 0.05) is 6.07 Å². The molecule has 4 rings (SSSR count). The van der Waals surface area contributed by atoms with E-state index in [0.29, 0.717) is 16.2 Å². The molecule has 0 unspecified atom stereocenters. The first-order valence-electron chi connectivity index (χ1n) is 9.57. The highest BCUT2D eigenvalue weighted by atomic mass is 32.1. The number of benzene rings is 1. The minimum absolute atomic E-state index is 0.0411. The maximum Gasteiger partial charge on any atom is 0.295 e. The van der Waals surface area contributed by atoms with Gasteiger partial charge in [-0.3, -0.25) is 14.5 Å². The molecule has 7 heteroatoms. The van der Waals surface area contributed by atoms with Crippen molar-refractivity contribution in [3.8, 4) is 0 Å². The van der Waals surface area contributed by atoms with E-state index < -0.39 is 17.7 Å². The molecule has 3 heterocycles. The van der Waals surface area contributed by atoms with Crippen molar-refractivity contribution in [3.63, 3.8) is 0 Å². The number of amides is 1. The van der Waals surface area contributed by atoms with Crippen LogP contribution in [0.4, 0.5) is 5.82 Å². The Kier molecular flexibility index (Phi) is 4.86. The molecular weight excluding hydrogens is 400 g/mol. The van der Waals surface area contributed by atoms with Crippen LogP contribution >= 0.6 is 11.3 Å². The lowest BCUT2D eigenvalue weighted by Crippen LogP contribution is -2.31. The Morgan fingerprint density at radius 1 is 1.20 bits per heavy atom. The second kappa shape index (κ2) is 7.25. The fourth-order valence-electron chi connectivity index (χ4n) is 3.56. The summed E-state index contributed by atoms with van der Waals surface area (Å²) in [7, 11) is 0. The molecule has 0 saturated carbocycles. The van der Waals surface area contributed by atoms with Crippen molar-refractivity contribution in [1.29, 1.82) is 0 Å². The van der Waals surface area contributed by atoms with Crippen LogP contribution in [0.15, 0.2) is 63.7 Å². The average Bonchev–Trinajstić information content (AvgIpc) is 3.42. The SMILES string of the molecule is Cc1cc(N2C(=O)C(O)=C(C(=O)c3cccs3)[C@@H]2c2ccc(C(C)(C)C)cc2)no1. The van der Waals surface area contributed by atoms with Gasteiger partial charge in [-0.15, -0.1) is 11.3 Å². The summed E-state index contributed by atoms with van der Waals surface area (Å²) < 4.78 is 5.15. The van der Waals surface area contributed by atoms with Gasteiger partial charge in [-0.1, -0.05) is 56.3 Å². The van der Waals surface area contributed by atoms with E-state index in [9.17, 15) is 14.7 Å². The van der Waals surface area contributed by atoms with Gasteiger partial charge in [0.05, 0.1) is 16.5 Å². The van der Waals surface area contributed by atoms with Crippen molar-refractivity contribution < 1.29 is 19.2 Å². The summed E-state index contributed by atoms with van der Waals surface area (Å²) in [6.07, 6.45) is 0. The maximum absolute atomic E-state index is 13.2. The lowest BCUT2D eigenvalue weighted by Gasteiger charge is -2.25. The highest BCUT2D eigenvalue weighted by Gasteiger charge is 2.46. The van der Waals surface area contributed by atoms with E-state index in [1.54, 1.807) is 30.5 Å². The Balaban J connectivity index is 1.85. The van der Waals surface area contributed by atoms with Crippen molar-refractivity contribution in [2.24, 2.45) is 0 Å². The second-order valence-electron chi connectivity index (χ2n) is 8.31. The zero-order valence-electron chi connectivity index (χ0n) is 17.2. The van der Waals surface area contributed by atoms with Gasteiger partial charge in [0.15, 0.2) is 11.6 Å². The van der Waals surface area contributed by atoms with Gasteiger partial charge in [0.2, 0.25) is 5.78 Å². The third kappa shape index (κ3) is 3.35. The zero-order valence-corrected chi connectivity index (χ0v) is 18.0. The highest BCUT2D eigenvalue weighted by Crippen LogP contribution is 2.42. The average molecular weight is 423 g/mol. The fraction of sp³-hybridized carbons (Fsp3) is 0.261. The Labute approximate surface area is 178 Å². The van der Waals surface area contributed by atoms with Crippen molar-refractivity contribution in [2.45, 2.75) is 39.2 Å². The Morgan fingerprint density at radius 2 is 1.90 bits per heavy atom. The van der Waals surface area contributed by atoms with Gasteiger partial charge in [-0.25, -0.2) is 0 Å². The van der Waals surface area contributed by atoms with Crippen LogP contribution in [0.1, 0.15) is 53.4 Å². The van der Waals surface area contributed by atoms with Crippen LogP contribution in [0.5, 0.6) is 0 Å². The van der Waals surface area contributed by atoms with Crippen LogP contribution < -0.4 is 4.90 Å². The van der Waals surface area contributed by atoms with Gasteiger partial charge in [0.1, 0.15) is 5.76 Å². The van der Waals surface area contributed by atoms with Gasteiger partial charge < -0.3 is 9.63 Å². The molecule has 1 N–H and O–H groups in total. The summed E-state index contributed by atoms with van der Waals surface area (Å²) in [6, 6.07) is 12.0. The number of carbonyl (C=O) groups is 2. The van der Waals surface area contributed by atoms with Crippen LogP contribution in [0.25, 0.3) is 0 Å². The second-order valence-corrected chi connectivity index (χ2v) is 9.26. The summed E-state index contributed by atoms with van der Waals surface area (Å²) in [6.45, 7) is 8.06. The zero-order chi connectivity index (χ0) is 21.6. The van der Waals surface area contributed by atoms with Crippen molar-refractivity contribution in [1.82, 2.24) is 5.16 Å². The van der Waals surface area contributed by atoms with Crippen molar-refractivity contribution in [2.75, 3.05) is 4.90 Å². The standard InChI is InChI=1S/C23H22N2O4S/c1-13-12-17(24-29-13)25-19(14-7-9-15(10-8-14)23(2,3)4)18(21(27)22(25)28)20(26)16-6-5-11-30-16/h5-12,19,27H,1-4H3/t19-/m0/s1. The quantitative estimate of drug-likeness (QED) is 0.590.